The van der Waals surface area contributed by atoms with Crippen LogP contribution in [0.5, 0.6) is 0 Å². The average molecular weight is 261 g/mol. The third kappa shape index (κ3) is 3.44. The molecule has 2 N–H and O–H groups in total. The minimum absolute atomic E-state index is 0.368. The normalized spacial score (nSPS) is 10.1. The number of anilines is 3. The predicted molar refractivity (Wildman–Crippen MR) is 72.4 cm³/mol. The van der Waals surface area contributed by atoms with Gasteiger partial charge in [0.2, 0.25) is 0 Å². The Labute approximate surface area is 110 Å². The maximum Gasteiger partial charge on any atom is 0.324 e. The van der Waals surface area contributed by atoms with E-state index >= 15 is 0 Å². The number of nitrogens with zero attached hydrogens (tertiary/aromatic N) is 3. The molecule has 0 atom stereocenters. The van der Waals surface area contributed by atoms with E-state index < -0.39 is 6.03 Å². The minimum atomic E-state index is -0.396. The quantitative estimate of drug-likeness (QED) is 0.883. The number of nitrogens with one attached hydrogen (secondary N) is 2. The van der Waals surface area contributed by atoms with Gasteiger partial charge in [-0.1, -0.05) is 5.16 Å². The first-order valence-electron chi connectivity index (χ1n) is 5.69. The van der Waals surface area contributed by atoms with Gasteiger partial charge in [-0.05, 0) is 19.1 Å². The van der Waals surface area contributed by atoms with Gasteiger partial charge < -0.3 is 14.7 Å². The molecule has 2 amide bonds. The molecular formula is C12H15N5O2. The highest BCUT2D eigenvalue weighted by molar-refractivity contribution is 5.99. The fourth-order valence-electron chi connectivity index (χ4n) is 1.43. The molecule has 19 heavy (non-hydrogen) atoms. The van der Waals surface area contributed by atoms with Gasteiger partial charge in [0.1, 0.15) is 11.6 Å². The number of urea groups is 1. The smallest absolute Gasteiger partial charge is 0.324 e. The van der Waals surface area contributed by atoms with E-state index in [9.17, 15) is 4.79 Å². The second-order valence-electron chi connectivity index (χ2n) is 4.20. The second-order valence-corrected chi connectivity index (χ2v) is 4.20. The molecule has 0 bridgehead atoms. The highest BCUT2D eigenvalue weighted by Crippen LogP contribution is 2.12. The molecule has 2 aromatic rings. The largest absolute Gasteiger partial charge is 0.363 e. The molecule has 2 rings (SSSR count). The van der Waals surface area contributed by atoms with Crippen LogP contribution in [0.2, 0.25) is 0 Å². The van der Waals surface area contributed by atoms with E-state index in [0.717, 1.165) is 5.82 Å². The van der Waals surface area contributed by atoms with Crippen molar-refractivity contribution in [1.29, 1.82) is 0 Å². The number of hydrogen-bond acceptors (Lipinski definition) is 5. The highest BCUT2D eigenvalue weighted by atomic mass is 16.5. The third-order valence-electron chi connectivity index (χ3n) is 2.33. The molecule has 0 aliphatic carbocycles. The number of pyridine rings is 1. The molecule has 0 saturated heterocycles. The summed E-state index contributed by atoms with van der Waals surface area (Å²) in [7, 11) is 3.80. The summed E-state index contributed by atoms with van der Waals surface area (Å²) >= 11 is 0. The maximum atomic E-state index is 11.7. The van der Waals surface area contributed by atoms with Crippen molar-refractivity contribution in [3.63, 3.8) is 0 Å². The zero-order chi connectivity index (χ0) is 13.8. The molecule has 0 spiro atoms. The number of aromatic nitrogens is 2. The molecule has 0 saturated carbocycles. The van der Waals surface area contributed by atoms with Gasteiger partial charge in [-0.25, -0.2) is 9.78 Å². The Morgan fingerprint density at radius 2 is 2.11 bits per heavy atom. The number of rotatable bonds is 3. The fraction of sp³-hybridized carbons (Fsp3) is 0.250. The number of aryl methyl sites for hydroxylation is 1. The summed E-state index contributed by atoms with van der Waals surface area (Å²) in [5.74, 6) is 1.82. The molecule has 7 nitrogen and oxygen atoms in total. The van der Waals surface area contributed by atoms with Crippen LogP contribution in [-0.2, 0) is 0 Å². The highest BCUT2D eigenvalue weighted by Gasteiger charge is 2.06. The van der Waals surface area contributed by atoms with Crippen LogP contribution in [0.25, 0.3) is 0 Å². The second kappa shape index (κ2) is 5.38. The van der Waals surface area contributed by atoms with Gasteiger partial charge in [0.25, 0.3) is 0 Å². The molecule has 0 fully saturated rings. The Morgan fingerprint density at radius 1 is 1.32 bits per heavy atom. The summed E-state index contributed by atoms with van der Waals surface area (Å²) in [4.78, 5) is 17.7. The Kier molecular flexibility index (Phi) is 3.65. The van der Waals surface area contributed by atoms with E-state index in [0.29, 0.717) is 17.3 Å². The van der Waals surface area contributed by atoms with Crippen molar-refractivity contribution < 1.29 is 9.32 Å². The van der Waals surface area contributed by atoms with Crippen molar-refractivity contribution >= 4 is 23.4 Å². The van der Waals surface area contributed by atoms with Gasteiger partial charge in [0.05, 0.1) is 11.9 Å². The molecule has 2 aromatic heterocycles. The van der Waals surface area contributed by atoms with Gasteiger partial charge in [-0.3, -0.25) is 5.32 Å². The van der Waals surface area contributed by atoms with Crippen molar-refractivity contribution in [2.45, 2.75) is 6.92 Å². The number of carbonyl (C=O) groups excluding carboxylic acids is 1. The van der Waals surface area contributed by atoms with Crippen LogP contribution in [0.15, 0.2) is 28.9 Å². The van der Waals surface area contributed by atoms with E-state index in [1.807, 2.05) is 25.1 Å². The van der Waals surface area contributed by atoms with Gasteiger partial charge in [0.15, 0.2) is 5.82 Å². The van der Waals surface area contributed by atoms with E-state index in [1.54, 1.807) is 25.3 Å². The van der Waals surface area contributed by atoms with Crippen LogP contribution in [0.4, 0.5) is 22.1 Å². The molecule has 0 unspecified atom stereocenters. The first-order chi connectivity index (χ1) is 9.04. The van der Waals surface area contributed by atoms with Crippen molar-refractivity contribution in [3.8, 4) is 0 Å². The predicted octanol–water partition coefficient (Wildman–Crippen LogP) is 2.09. The zero-order valence-electron chi connectivity index (χ0n) is 11.0. The van der Waals surface area contributed by atoms with Crippen molar-refractivity contribution in [2.75, 3.05) is 29.6 Å². The summed E-state index contributed by atoms with van der Waals surface area (Å²) < 4.78 is 4.85. The number of carbonyl (C=O) groups is 1. The summed E-state index contributed by atoms with van der Waals surface area (Å²) in [6, 6.07) is 4.83. The Hall–Kier alpha value is -2.57. The van der Waals surface area contributed by atoms with Crippen LogP contribution in [0, 0.1) is 6.92 Å². The summed E-state index contributed by atoms with van der Waals surface area (Å²) in [5, 5.41) is 8.87. The molecule has 0 aliphatic rings. The fourth-order valence-corrected chi connectivity index (χ4v) is 1.43. The van der Waals surface area contributed by atoms with Crippen LogP contribution >= 0.6 is 0 Å². The lowest BCUT2D eigenvalue weighted by molar-refractivity contribution is 0.262. The lowest BCUT2D eigenvalue weighted by atomic mass is 10.4. The Morgan fingerprint density at radius 3 is 2.63 bits per heavy atom. The molecule has 2 heterocycles. The third-order valence-corrected chi connectivity index (χ3v) is 2.33. The molecule has 7 heteroatoms. The molecule has 0 aromatic carbocycles. The van der Waals surface area contributed by atoms with Crippen LogP contribution in [-0.4, -0.2) is 30.3 Å². The monoisotopic (exact) mass is 261 g/mol. The SMILES string of the molecule is Cc1cc(NC(=O)Nc2ccc(N(C)C)nc2)no1. The molecule has 0 radical (unpaired) electrons. The van der Waals surface area contributed by atoms with E-state index in [1.165, 1.54) is 0 Å². The van der Waals surface area contributed by atoms with Crippen molar-refractivity contribution in [2.24, 2.45) is 0 Å². The first kappa shape index (κ1) is 12.9. The summed E-state index contributed by atoms with van der Waals surface area (Å²) in [6.45, 7) is 1.75. The Bertz CT molecular complexity index is 562. The summed E-state index contributed by atoms with van der Waals surface area (Å²) in [6.07, 6.45) is 1.59. The first-order valence-corrected chi connectivity index (χ1v) is 5.69. The maximum absolute atomic E-state index is 11.7. The number of hydrogen-bond donors (Lipinski definition) is 2. The van der Waals surface area contributed by atoms with Gasteiger partial charge >= 0.3 is 6.03 Å². The molecular weight excluding hydrogens is 246 g/mol. The summed E-state index contributed by atoms with van der Waals surface area (Å²) in [5.41, 5.74) is 0.600. The van der Waals surface area contributed by atoms with E-state index in [-0.39, 0.29) is 0 Å². The lowest BCUT2D eigenvalue weighted by Crippen LogP contribution is -2.20. The zero-order valence-corrected chi connectivity index (χ0v) is 11.0. The lowest BCUT2D eigenvalue weighted by Gasteiger charge is -2.11. The van der Waals surface area contributed by atoms with Gasteiger partial charge in [-0.15, -0.1) is 0 Å². The topological polar surface area (TPSA) is 83.3 Å². The van der Waals surface area contributed by atoms with Crippen LogP contribution in [0.1, 0.15) is 5.76 Å². The minimum Gasteiger partial charge on any atom is -0.363 e. The number of amides is 2. The van der Waals surface area contributed by atoms with E-state index in [4.69, 9.17) is 4.52 Å². The van der Waals surface area contributed by atoms with Crippen LogP contribution < -0.4 is 15.5 Å². The Balaban J connectivity index is 1.95. The van der Waals surface area contributed by atoms with Crippen molar-refractivity contribution in [1.82, 2.24) is 10.1 Å². The van der Waals surface area contributed by atoms with Crippen molar-refractivity contribution in [3.05, 3.63) is 30.2 Å². The van der Waals surface area contributed by atoms with Crippen LogP contribution in [0.3, 0.4) is 0 Å². The average Bonchev–Trinajstić information content (AvgIpc) is 2.75. The van der Waals surface area contributed by atoms with Gasteiger partial charge in [0, 0.05) is 20.2 Å². The molecule has 0 aliphatic heterocycles. The van der Waals surface area contributed by atoms with Gasteiger partial charge in [-0.2, -0.15) is 0 Å². The van der Waals surface area contributed by atoms with E-state index in [2.05, 4.69) is 20.8 Å². The molecule has 100 valence electrons. The standard InChI is InChI=1S/C12H15N5O2/c1-8-6-10(16-19-8)15-12(18)14-9-4-5-11(13-7-9)17(2)3/h4-7H,1-3H3,(H2,14,15,16,18).